The van der Waals surface area contributed by atoms with Crippen LogP contribution in [0.3, 0.4) is 0 Å². The van der Waals surface area contributed by atoms with Crippen molar-refractivity contribution in [1.29, 1.82) is 0 Å². The lowest BCUT2D eigenvalue weighted by molar-refractivity contribution is -0.0440. The maximum atomic E-state index is 11.9. The highest BCUT2D eigenvalue weighted by Crippen LogP contribution is 2.31. The molecule has 0 radical (unpaired) electrons. The van der Waals surface area contributed by atoms with Crippen LogP contribution < -0.4 is 17.0 Å². The van der Waals surface area contributed by atoms with Gasteiger partial charge in [0.2, 0.25) is 5.95 Å². The van der Waals surface area contributed by atoms with Crippen LogP contribution in [-0.4, -0.2) is 48.5 Å². The lowest BCUT2D eigenvalue weighted by Gasteiger charge is -2.16. The summed E-state index contributed by atoms with van der Waals surface area (Å²) in [4.78, 5) is 22.4. The number of imidazole rings is 1. The minimum Gasteiger partial charge on any atom is -0.394 e. The van der Waals surface area contributed by atoms with E-state index in [2.05, 4.69) is 15.0 Å². The standard InChI is InChI=1S/C11H16N6O4/c12-2-6-14-8-9(15-11(13)16-10(8)20)17(6)7-1-4(19)5(3-18)21-7/h4-5,7,18-19H,1-3,12H2,(H3,13,15,16,20)/t4?,5-,7-/m1/s1. The number of nitrogens with zero attached hydrogens (tertiary/aromatic N) is 3. The highest BCUT2D eigenvalue weighted by molar-refractivity contribution is 5.71. The van der Waals surface area contributed by atoms with Crippen molar-refractivity contribution in [3.8, 4) is 0 Å². The van der Waals surface area contributed by atoms with E-state index in [1.54, 1.807) is 4.57 Å². The van der Waals surface area contributed by atoms with E-state index in [-0.39, 0.29) is 36.7 Å². The normalized spacial score (nSPS) is 25.8. The molecule has 3 atom stereocenters. The Labute approximate surface area is 118 Å². The topological polar surface area (TPSA) is 165 Å². The molecule has 0 amide bonds. The van der Waals surface area contributed by atoms with Gasteiger partial charge in [0, 0.05) is 6.42 Å². The molecule has 7 N–H and O–H groups in total. The Hall–Kier alpha value is -2.01. The van der Waals surface area contributed by atoms with Crippen molar-refractivity contribution in [2.45, 2.75) is 31.4 Å². The van der Waals surface area contributed by atoms with E-state index in [0.717, 1.165) is 0 Å². The molecule has 10 nitrogen and oxygen atoms in total. The van der Waals surface area contributed by atoms with Gasteiger partial charge in [-0.05, 0) is 0 Å². The molecule has 1 unspecified atom stereocenters. The summed E-state index contributed by atoms with van der Waals surface area (Å²) in [5, 5.41) is 19.0. The van der Waals surface area contributed by atoms with Crippen molar-refractivity contribution in [2.24, 2.45) is 5.73 Å². The molecular weight excluding hydrogens is 280 g/mol. The van der Waals surface area contributed by atoms with E-state index in [4.69, 9.17) is 21.3 Å². The molecule has 114 valence electrons. The fraction of sp³-hybridized carbons (Fsp3) is 0.545. The van der Waals surface area contributed by atoms with Crippen LogP contribution in [-0.2, 0) is 11.3 Å². The molecule has 21 heavy (non-hydrogen) atoms. The first kappa shape index (κ1) is 13.9. The molecule has 0 bridgehead atoms. The number of rotatable bonds is 3. The third-order valence-electron chi connectivity index (χ3n) is 3.50. The number of hydrogen-bond donors (Lipinski definition) is 5. The molecule has 1 saturated heterocycles. The van der Waals surface area contributed by atoms with E-state index < -0.39 is 24.0 Å². The van der Waals surface area contributed by atoms with Crippen molar-refractivity contribution in [3.63, 3.8) is 0 Å². The number of H-pyrrole nitrogens is 1. The maximum absolute atomic E-state index is 11.9. The Morgan fingerprint density at radius 3 is 2.86 bits per heavy atom. The zero-order valence-electron chi connectivity index (χ0n) is 11.1. The van der Waals surface area contributed by atoms with Gasteiger partial charge < -0.3 is 26.4 Å². The van der Waals surface area contributed by atoms with Gasteiger partial charge in [-0.25, -0.2) is 4.98 Å². The molecule has 1 fully saturated rings. The van der Waals surface area contributed by atoms with Crippen LogP contribution in [0, 0.1) is 0 Å². The molecule has 10 heteroatoms. The first-order valence-electron chi connectivity index (χ1n) is 6.46. The van der Waals surface area contributed by atoms with Crippen LogP contribution in [0.1, 0.15) is 18.5 Å². The van der Waals surface area contributed by atoms with E-state index in [1.165, 1.54) is 0 Å². The molecule has 0 saturated carbocycles. The van der Waals surface area contributed by atoms with Crippen LogP contribution in [0.5, 0.6) is 0 Å². The van der Waals surface area contributed by atoms with E-state index in [0.29, 0.717) is 5.82 Å². The molecule has 2 aromatic rings. The fourth-order valence-electron chi connectivity index (χ4n) is 2.53. The summed E-state index contributed by atoms with van der Waals surface area (Å²) in [6, 6.07) is 0. The molecule has 0 aliphatic carbocycles. The number of hydrogen-bond acceptors (Lipinski definition) is 8. The van der Waals surface area contributed by atoms with Crippen LogP contribution in [0.2, 0.25) is 0 Å². The smallest absolute Gasteiger partial charge is 0.280 e. The Balaban J connectivity index is 2.15. The van der Waals surface area contributed by atoms with Crippen LogP contribution in [0.4, 0.5) is 5.95 Å². The summed E-state index contributed by atoms with van der Waals surface area (Å²) in [6.07, 6.45) is -1.90. The van der Waals surface area contributed by atoms with Crippen molar-refractivity contribution >= 4 is 17.1 Å². The van der Waals surface area contributed by atoms with Crippen molar-refractivity contribution in [3.05, 3.63) is 16.2 Å². The molecule has 1 aliphatic rings. The summed E-state index contributed by atoms with van der Waals surface area (Å²) in [7, 11) is 0. The lowest BCUT2D eigenvalue weighted by Crippen LogP contribution is -2.24. The Kier molecular flexibility index (Phi) is 3.37. The number of aromatic nitrogens is 4. The average molecular weight is 296 g/mol. The van der Waals surface area contributed by atoms with E-state index in [1.807, 2.05) is 0 Å². The number of ether oxygens (including phenoxy) is 1. The zero-order chi connectivity index (χ0) is 15.1. The molecule has 0 spiro atoms. The Bertz CT molecular complexity index is 725. The quantitative estimate of drug-likeness (QED) is 0.425. The predicted molar refractivity (Wildman–Crippen MR) is 72.1 cm³/mol. The van der Waals surface area contributed by atoms with Crippen molar-refractivity contribution in [1.82, 2.24) is 19.5 Å². The number of anilines is 1. The zero-order valence-corrected chi connectivity index (χ0v) is 11.1. The Morgan fingerprint density at radius 1 is 1.48 bits per heavy atom. The van der Waals surface area contributed by atoms with Gasteiger partial charge in [0.1, 0.15) is 18.2 Å². The number of aliphatic hydroxyl groups is 2. The predicted octanol–water partition coefficient (Wildman–Crippen LogP) is -2.20. The van der Waals surface area contributed by atoms with Crippen LogP contribution >= 0.6 is 0 Å². The molecule has 0 aromatic carbocycles. The summed E-state index contributed by atoms with van der Waals surface area (Å²) >= 11 is 0. The Morgan fingerprint density at radius 2 is 2.24 bits per heavy atom. The van der Waals surface area contributed by atoms with E-state index in [9.17, 15) is 9.90 Å². The lowest BCUT2D eigenvalue weighted by atomic mass is 10.2. The molecular formula is C11H16N6O4. The molecule has 2 aromatic heterocycles. The van der Waals surface area contributed by atoms with Gasteiger partial charge in [0.05, 0.1) is 19.3 Å². The molecule has 1 aliphatic heterocycles. The van der Waals surface area contributed by atoms with Gasteiger partial charge in [-0.3, -0.25) is 14.3 Å². The number of aromatic amines is 1. The molecule has 3 rings (SSSR count). The van der Waals surface area contributed by atoms with Gasteiger partial charge in [-0.1, -0.05) is 0 Å². The van der Waals surface area contributed by atoms with Gasteiger partial charge in [0.25, 0.3) is 5.56 Å². The van der Waals surface area contributed by atoms with Crippen LogP contribution in [0.15, 0.2) is 4.79 Å². The highest BCUT2D eigenvalue weighted by Gasteiger charge is 2.36. The second-order valence-corrected chi connectivity index (χ2v) is 4.84. The SMILES string of the molecule is NCc1nc2c(=O)[nH]c(N)nc2n1[C@H]1CC(O)[C@@H](CO)O1. The summed E-state index contributed by atoms with van der Waals surface area (Å²) in [6.45, 7) is -0.242. The number of nitrogens with two attached hydrogens (primary N) is 2. The highest BCUT2D eigenvalue weighted by atomic mass is 16.5. The monoisotopic (exact) mass is 296 g/mol. The number of aliphatic hydroxyl groups excluding tert-OH is 2. The molecule has 3 heterocycles. The second-order valence-electron chi connectivity index (χ2n) is 4.84. The van der Waals surface area contributed by atoms with Gasteiger partial charge in [-0.2, -0.15) is 4.98 Å². The minimum atomic E-state index is -0.817. The van der Waals surface area contributed by atoms with Gasteiger partial charge in [-0.15, -0.1) is 0 Å². The fourth-order valence-corrected chi connectivity index (χ4v) is 2.53. The largest absolute Gasteiger partial charge is 0.394 e. The van der Waals surface area contributed by atoms with Gasteiger partial charge >= 0.3 is 0 Å². The summed E-state index contributed by atoms with van der Waals surface area (Å²) in [5.41, 5.74) is 11.1. The second kappa shape index (κ2) is 5.07. The minimum absolute atomic E-state index is 0.0468. The van der Waals surface area contributed by atoms with Crippen LogP contribution in [0.25, 0.3) is 11.2 Å². The third-order valence-corrected chi connectivity index (χ3v) is 3.50. The first-order valence-corrected chi connectivity index (χ1v) is 6.46. The van der Waals surface area contributed by atoms with Crippen molar-refractivity contribution in [2.75, 3.05) is 12.3 Å². The number of nitrogen functional groups attached to an aromatic ring is 1. The van der Waals surface area contributed by atoms with Gasteiger partial charge in [0.15, 0.2) is 11.2 Å². The maximum Gasteiger partial charge on any atom is 0.280 e. The number of fused-ring (bicyclic) bond motifs is 1. The summed E-state index contributed by atoms with van der Waals surface area (Å²) in [5.74, 6) is 0.346. The summed E-state index contributed by atoms with van der Waals surface area (Å²) < 4.78 is 7.11. The first-order chi connectivity index (χ1) is 10.0. The van der Waals surface area contributed by atoms with Crippen molar-refractivity contribution < 1.29 is 14.9 Å². The number of nitrogens with one attached hydrogen (secondary N) is 1. The van der Waals surface area contributed by atoms with E-state index >= 15 is 0 Å². The third kappa shape index (κ3) is 2.17. The average Bonchev–Trinajstić information content (AvgIpc) is 2.98.